The van der Waals surface area contributed by atoms with E-state index in [0.717, 1.165) is 17.7 Å². The highest BCUT2D eigenvalue weighted by molar-refractivity contribution is 6.09. The smallest absolute Gasteiger partial charge is 0.242 e. The van der Waals surface area contributed by atoms with Crippen LogP contribution in [0.2, 0.25) is 0 Å². The van der Waals surface area contributed by atoms with Crippen molar-refractivity contribution in [3.05, 3.63) is 0 Å². The summed E-state index contributed by atoms with van der Waals surface area (Å²) in [5, 5.41) is 0. The van der Waals surface area contributed by atoms with E-state index in [9.17, 15) is 19.2 Å². The molecule has 1 saturated carbocycles. The summed E-state index contributed by atoms with van der Waals surface area (Å²) < 4.78 is 0. The van der Waals surface area contributed by atoms with Crippen LogP contribution < -0.4 is 0 Å². The first kappa shape index (κ1) is 13.3. The fourth-order valence-electron chi connectivity index (χ4n) is 3.43. The summed E-state index contributed by atoms with van der Waals surface area (Å²) in [5.74, 6) is -1.61. The molecule has 0 aromatic carbocycles. The largest absolute Gasteiger partial charge is 0.341 e. The van der Waals surface area contributed by atoms with Crippen LogP contribution in [-0.4, -0.2) is 52.9 Å². The van der Waals surface area contributed by atoms with Gasteiger partial charge in [-0.25, -0.2) is 0 Å². The van der Waals surface area contributed by atoms with Crippen molar-refractivity contribution in [2.75, 3.05) is 19.6 Å². The van der Waals surface area contributed by atoms with Crippen LogP contribution in [0.4, 0.5) is 0 Å². The Labute approximate surface area is 117 Å². The Bertz CT molecular complexity index is 482. The second-order valence-corrected chi connectivity index (χ2v) is 5.84. The number of hydrogen-bond acceptors (Lipinski definition) is 4. The van der Waals surface area contributed by atoms with Crippen LogP contribution in [-0.2, 0) is 19.2 Å². The molecule has 0 spiro atoms. The Balaban J connectivity index is 1.70. The lowest BCUT2D eigenvalue weighted by molar-refractivity contribution is -0.146. The number of likely N-dealkylation sites (tertiary alicyclic amines) is 2. The second kappa shape index (κ2) is 5.00. The summed E-state index contributed by atoms with van der Waals surface area (Å²) in [6, 6.07) is 0. The third kappa shape index (κ3) is 2.13. The number of hydrogen-bond donors (Lipinski definition) is 0. The normalized spacial score (nSPS) is 30.1. The lowest BCUT2D eigenvalue weighted by atomic mass is 9.80. The van der Waals surface area contributed by atoms with Gasteiger partial charge in [0.1, 0.15) is 12.3 Å². The van der Waals surface area contributed by atoms with Gasteiger partial charge in [0, 0.05) is 25.9 Å². The van der Waals surface area contributed by atoms with Gasteiger partial charge in [0.25, 0.3) is 0 Å². The zero-order valence-electron chi connectivity index (χ0n) is 11.3. The van der Waals surface area contributed by atoms with Gasteiger partial charge in [-0.1, -0.05) is 0 Å². The SMILES string of the molecule is O=C1CCC2C(=O)N(CC(=O)N3CCCC3)C(=O)C2C1. The fourth-order valence-corrected chi connectivity index (χ4v) is 3.43. The van der Waals surface area contributed by atoms with Gasteiger partial charge in [-0.2, -0.15) is 0 Å². The predicted octanol–water partition coefficient (Wildman–Crippen LogP) is -0.0370. The summed E-state index contributed by atoms with van der Waals surface area (Å²) >= 11 is 0. The first-order valence-electron chi connectivity index (χ1n) is 7.22. The maximum atomic E-state index is 12.2. The first-order valence-corrected chi connectivity index (χ1v) is 7.22. The molecule has 20 heavy (non-hydrogen) atoms. The highest BCUT2D eigenvalue weighted by Gasteiger charge is 2.50. The molecule has 0 radical (unpaired) electrons. The summed E-state index contributed by atoms with van der Waals surface area (Å²) in [5.41, 5.74) is 0. The maximum Gasteiger partial charge on any atom is 0.242 e. The third-order valence-corrected chi connectivity index (χ3v) is 4.59. The Morgan fingerprint density at radius 3 is 2.40 bits per heavy atom. The molecule has 6 heteroatoms. The number of rotatable bonds is 2. The van der Waals surface area contributed by atoms with Gasteiger partial charge < -0.3 is 4.90 Å². The standard InChI is InChI=1S/C14H18N2O4/c17-9-3-4-10-11(7-9)14(20)16(13(10)19)8-12(18)15-5-1-2-6-15/h10-11H,1-8H2. The molecular weight excluding hydrogens is 260 g/mol. The number of ketones is 1. The van der Waals surface area contributed by atoms with Crippen molar-refractivity contribution >= 4 is 23.5 Å². The lowest BCUT2D eigenvalue weighted by Gasteiger charge is -2.19. The molecule has 3 rings (SSSR count). The van der Waals surface area contributed by atoms with Crippen LogP contribution in [0.15, 0.2) is 0 Å². The fraction of sp³-hybridized carbons (Fsp3) is 0.714. The molecule has 2 aliphatic heterocycles. The van der Waals surface area contributed by atoms with Crippen LogP contribution in [0.25, 0.3) is 0 Å². The maximum absolute atomic E-state index is 12.2. The van der Waals surface area contributed by atoms with E-state index in [1.807, 2.05) is 0 Å². The van der Waals surface area contributed by atoms with E-state index >= 15 is 0 Å². The van der Waals surface area contributed by atoms with Crippen molar-refractivity contribution in [2.24, 2.45) is 11.8 Å². The first-order chi connectivity index (χ1) is 9.58. The van der Waals surface area contributed by atoms with Gasteiger partial charge in [-0.05, 0) is 19.3 Å². The van der Waals surface area contributed by atoms with Crippen LogP contribution in [0.3, 0.4) is 0 Å². The predicted molar refractivity (Wildman–Crippen MR) is 68.4 cm³/mol. The molecule has 2 heterocycles. The van der Waals surface area contributed by atoms with Crippen molar-refractivity contribution in [3.8, 4) is 0 Å². The quantitative estimate of drug-likeness (QED) is 0.664. The van der Waals surface area contributed by atoms with E-state index in [2.05, 4.69) is 0 Å². The second-order valence-electron chi connectivity index (χ2n) is 5.84. The van der Waals surface area contributed by atoms with Crippen LogP contribution in [0.5, 0.6) is 0 Å². The van der Waals surface area contributed by atoms with Gasteiger partial charge in [0.15, 0.2) is 0 Å². The van der Waals surface area contributed by atoms with Gasteiger partial charge in [-0.3, -0.25) is 24.1 Å². The van der Waals surface area contributed by atoms with Crippen LogP contribution in [0, 0.1) is 11.8 Å². The Morgan fingerprint density at radius 1 is 1.05 bits per heavy atom. The van der Waals surface area contributed by atoms with E-state index in [0.29, 0.717) is 25.9 Å². The van der Waals surface area contributed by atoms with Crippen molar-refractivity contribution in [3.63, 3.8) is 0 Å². The van der Waals surface area contributed by atoms with E-state index in [4.69, 9.17) is 0 Å². The average Bonchev–Trinajstić information content (AvgIpc) is 3.03. The molecule has 6 nitrogen and oxygen atoms in total. The Kier molecular flexibility index (Phi) is 3.31. The van der Waals surface area contributed by atoms with E-state index in [1.165, 1.54) is 0 Å². The zero-order valence-corrected chi connectivity index (χ0v) is 11.3. The third-order valence-electron chi connectivity index (χ3n) is 4.59. The summed E-state index contributed by atoms with van der Waals surface area (Å²) in [7, 11) is 0. The number of carbonyl (C=O) groups excluding carboxylic acids is 4. The molecule has 2 atom stereocenters. The molecule has 1 aliphatic carbocycles. The lowest BCUT2D eigenvalue weighted by Crippen LogP contribution is -2.42. The van der Waals surface area contributed by atoms with E-state index in [-0.39, 0.29) is 42.4 Å². The number of amides is 3. The molecule has 3 fully saturated rings. The van der Waals surface area contributed by atoms with Crippen molar-refractivity contribution in [1.82, 2.24) is 9.80 Å². The molecule has 0 bridgehead atoms. The summed E-state index contributed by atoms with van der Waals surface area (Å²) in [6.07, 6.45) is 2.93. The van der Waals surface area contributed by atoms with Crippen LogP contribution in [0.1, 0.15) is 32.1 Å². The van der Waals surface area contributed by atoms with Crippen molar-refractivity contribution < 1.29 is 19.2 Å². The van der Waals surface area contributed by atoms with E-state index in [1.54, 1.807) is 4.90 Å². The van der Waals surface area contributed by atoms with E-state index < -0.39 is 5.92 Å². The monoisotopic (exact) mass is 278 g/mol. The minimum absolute atomic E-state index is 0.0418. The Hall–Kier alpha value is -1.72. The molecule has 0 aromatic heterocycles. The number of Topliss-reactive ketones (excluding diaryl/α,β-unsaturated/α-hetero) is 1. The van der Waals surface area contributed by atoms with Gasteiger partial charge in [0.05, 0.1) is 11.8 Å². The van der Waals surface area contributed by atoms with Crippen molar-refractivity contribution in [2.45, 2.75) is 32.1 Å². The van der Waals surface area contributed by atoms with Crippen molar-refractivity contribution in [1.29, 1.82) is 0 Å². The average molecular weight is 278 g/mol. The topological polar surface area (TPSA) is 74.8 Å². The molecule has 2 unspecified atom stereocenters. The molecule has 0 aromatic rings. The molecule has 3 aliphatic rings. The highest BCUT2D eigenvalue weighted by Crippen LogP contribution is 2.36. The molecule has 108 valence electrons. The minimum Gasteiger partial charge on any atom is -0.341 e. The number of nitrogens with zero attached hydrogens (tertiary/aromatic N) is 2. The van der Waals surface area contributed by atoms with Gasteiger partial charge >= 0.3 is 0 Å². The van der Waals surface area contributed by atoms with Gasteiger partial charge in [0.2, 0.25) is 17.7 Å². The molecular formula is C14H18N2O4. The zero-order chi connectivity index (χ0) is 14.3. The molecule has 2 saturated heterocycles. The molecule has 0 N–H and O–H groups in total. The van der Waals surface area contributed by atoms with Gasteiger partial charge in [-0.15, -0.1) is 0 Å². The Morgan fingerprint density at radius 2 is 1.70 bits per heavy atom. The number of fused-ring (bicyclic) bond motifs is 1. The number of imide groups is 1. The summed E-state index contributed by atoms with van der Waals surface area (Å²) in [6.45, 7) is 1.26. The molecule has 3 amide bonds. The summed E-state index contributed by atoms with van der Waals surface area (Å²) in [4.78, 5) is 50.8. The highest BCUT2D eigenvalue weighted by atomic mass is 16.2. The van der Waals surface area contributed by atoms with Crippen LogP contribution >= 0.6 is 0 Å². The number of carbonyl (C=O) groups is 4. The minimum atomic E-state index is -0.518.